The molecule has 0 aliphatic carbocycles. The van der Waals surface area contributed by atoms with Gasteiger partial charge in [-0.25, -0.2) is 0 Å². The minimum atomic E-state index is -4.25. The minimum absolute atomic E-state index is 0.00710. The molecule has 0 amide bonds. The van der Waals surface area contributed by atoms with Crippen molar-refractivity contribution in [2.45, 2.75) is 44.3 Å². The number of nitrogens with zero attached hydrogens (tertiary/aromatic N) is 3. The van der Waals surface area contributed by atoms with Crippen molar-refractivity contribution < 1.29 is 13.2 Å². The van der Waals surface area contributed by atoms with Crippen LogP contribution in [0, 0.1) is 11.3 Å². The average molecular weight is 389 g/mol. The Hall–Kier alpha value is -2.75. The first-order chi connectivity index (χ1) is 13.4. The van der Waals surface area contributed by atoms with Crippen LogP contribution >= 0.6 is 0 Å². The smallest absolute Gasteiger partial charge is 0.370 e. The van der Waals surface area contributed by atoms with Gasteiger partial charge in [-0.05, 0) is 36.8 Å². The molecule has 4 nitrogen and oxygen atoms in total. The third-order valence-electron chi connectivity index (χ3n) is 5.22. The fraction of sp³-hybridized carbons (Fsp3) is 0.429. The number of nitriles is 1. The number of pyridine rings is 1. The fourth-order valence-corrected chi connectivity index (χ4v) is 3.74. The van der Waals surface area contributed by atoms with Crippen molar-refractivity contribution in [3.63, 3.8) is 0 Å². The van der Waals surface area contributed by atoms with Gasteiger partial charge in [0, 0.05) is 32.3 Å². The lowest BCUT2D eigenvalue weighted by molar-refractivity contribution is -0.135. The maximum atomic E-state index is 12.5. The van der Waals surface area contributed by atoms with Gasteiger partial charge in [-0.3, -0.25) is 4.79 Å². The normalized spacial score (nSPS) is 15.4. The third kappa shape index (κ3) is 4.75. The molecule has 0 radical (unpaired) electrons. The Kier molecular flexibility index (Phi) is 6.08. The Morgan fingerprint density at radius 1 is 1.11 bits per heavy atom. The van der Waals surface area contributed by atoms with E-state index in [1.165, 1.54) is 16.3 Å². The van der Waals surface area contributed by atoms with Crippen LogP contribution in [0.25, 0.3) is 0 Å². The van der Waals surface area contributed by atoms with Gasteiger partial charge in [0.2, 0.25) is 0 Å². The molecule has 3 rings (SSSR count). The number of aromatic nitrogens is 1. The summed E-state index contributed by atoms with van der Waals surface area (Å²) in [6, 6.07) is 13.9. The molecule has 1 saturated heterocycles. The summed E-state index contributed by atoms with van der Waals surface area (Å²) in [6.45, 7) is 1.40. The van der Waals surface area contributed by atoms with Gasteiger partial charge in [0.05, 0.1) is 5.69 Å². The van der Waals surface area contributed by atoms with Gasteiger partial charge in [-0.1, -0.05) is 30.3 Å². The lowest BCUT2D eigenvalue weighted by Gasteiger charge is -2.34. The number of halogens is 3. The monoisotopic (exact) mass is 389 g/mol. The molecular formula is C21H22F3N3O. The first-order valence-corrected chi connectivity index (χ1v) is 9.39. The SMILES string of the molecule is N#Cc1c(N2CCC(c3ccccc3)CC2)ccn(CCCC(F)(F)F)c1=O. The zero-order chi connectivity index (χ0) is 20.1. The number of hydrogen-bond acceptors (Lipinski definition) is 3. The van der Waals surface area contributed by atoms with Crippen LogP contribution < -0.4 is 10.5 Å². The van der Waals surface area contributed by atoms with Crippen LogP contribution in [0.15, 0.2) is 47.4 Å². The number of anilines is 1. The van der Waals surface area contributed by atoms with Crippen LogP contribution in [-0.4, -0.2) is 23.8 Å². The van der Waals surface area contributed by atoms with Gasteiger partial charge in [0.1, 0.15) is 11.6 Å². The van der Waals surface area contributed by atoms with Gasteiger partial charge in [-0.15, -0.1) is 0 Å². The molecule has 0 atom stereocenters. The Labute approximate surface area is 161 Å². The van der Waals surface area contributed by atoms with E-state index in [0.29, 0.717) is 11.6 Å². The zero-order valence-corrected chi connectivity index (χ0v) is 15.5. The van der Waals surface area contributed by atoms with E-state index in [-0.39, 0.29) is 18.5 Å². The van der Waals surface area contributed by atoms with Crippen molar-refractivity contribution in [1.82, 2.24) is 4.57 Å². The minimum Gasteiger partial charge on any atom is -0.370 e. The summed E-state index contributed by atoms with van der Waals surface area (Å²) < 4.78 is 38.2. The van der Waals surface area contributed by atoms with E-state index in [1.807, 2.05) is 29.2 Å². The summed E-state index contributed by atoms with van der Waals surface area (Å²) in [5, 5.41) is 9.47. The highest BCUT2D eigenvalue weighted by Crippen LogP contribution is 2.31. The molecular weight excluding hydrogens is 367 g/mol. The standard InChI is InChI=1S/C21H22F3N3O/c22-21(23,24)10-4-11-27-14-9-19(18(15-25)20(27)28)26-12-7-17(8-13-26)16-5-2-1-3-6-16/h1-3,5-6,9,14,17H,4,7-8,10-13H2. The first kappa shape index (κ1) is 20.0. The Morgan fingerprint density at radius 3 is 2.39 bits per heavy atom. The van der Waals surface area contributed by atoms with Crippen molar-refractivity contribution in [3.05, 3.63) is 64.1 Å². The zero-order valence-electron chi connectivity index (χ0n) is 15.5. The van der Waals surface area contributed by atoms with Crippen molar-refractivity contribution in [3.8, 4) is 6.07 Å². The quantitative estimate of drug-likeness (QED) is 0.759. The highest BCUT2D eigenvalue weighted by Gasteiger charge is 2.27. The lowest BCUT2D eigenvalue weighted by atomic mass is 9.89. The second-order valence-electron chi connectivity index (χ2n) is 7.08. The topological polar surface area (TPSA) is 49.0 Å². The molecule has 148 valence electrons. The highest BCUT2D eigenvalue weighted by atomic mass is 19.4. The van der Waals surface area contributed by atoms with E-state index in [1.54, 1.807) is 6.07 Å². The van der Waals surface area contributed by atoms with E-state index in [9.17, 15) is 23.2 Å². The van der Waals surface area contributed by atoms with Crippen molar-refractivity contribution in [2.75, 3.05) is 18.0 Å². The second-order valence-corrected chi connectivity index (χ2v) is 7.08. The summed E-state index contributed by atoms with van der Waals surface area (Å²) in [5.74, 6) is 0.450. The summed E-state index contributed by atoms with van der Waals surface area (Å²) in [7, 11) is 0. The van der Waals surface area contributed by atoms with Crippen LogP contribution in [0.3, 0.4) is 0 Å². The van der Waals surface area contributed by atoms with Crippen molar-refractivity contribution in [1.29, 1.82) is 5.26 Å². The van der Waals surface area contributed by atoms with Crippen LogP contribution in [-0.2, 0) is 6.54 Å². The van der Waals surface area contributed by atoms with Crippen LogP contribution in [0.5, 0.6) is 0 Å². The van der Waals surface area contributed by atoms with Gasteiger partial charge in [0.15, 0.2) is 0 Å². The number of alkyl halides is 3. The van der Waals surface area contributed by atoms with Crippen molar-refractivity contribution in [2.24, 2.45) is 0 Å². The number of hydrogen-bond donors (Lipinski definition) is 0. The lowest BCUT2D eigenvalue weighted by Crippen LogP contribution is -2.35. The van der Waals surface area contributed by atoms with Crippen LogP contribution in [0.2, 0.25) is 0 Å². The van der Waals surface area contributed by atoms with E-state index >= 15 is 0 Å². The van der Waals surface area contributed by atoms with Crippen LogP contribution in [0.1, 0.15) is 42.7 Å². The summed E-state index contributed by atoms with van der Waals surface area (Å²) in [5.41, 5.74) is 1.36. The summed E-state index contributed by atoms with van der Waals surface area (Å²) in [6.07, 6.45) is -2.04. The van der Waals surface area contributed by atoms with Crippen LogP contribution in [0.4, 0.5) is 18.9 Å². The Morgan fingerprint density at radius 2 is 1.79 bits per heavy atom. The molecule has 1 aliphatic heterocycles. The van der Waals surface area contributed by atoms with Gasteiger partial charge < -0.3 is 9.47 Å². The molecule has 1 aliphatic rings. The number of aryl methyl sites for hydroxylation is 1. The summed E-state index contributed by atoms with van der Waals surface area (Å²) in [4.78, 5) is 14.6. The molecule has 7 heteroatoms. The molecule has 0 N–H and O–H groups in total. The molecule has 0 saturated carbocycles. The molecule has 1 aromatic carbocycles. The van der Waals surface area contributed by atoms with E-state index in [2.05, 4.69) is 12.1 Å². The first-order valence-electron chi connectivity index (χ1n) is 9.39. The van der Waals surface area contributed by atoms with Crippen molar-refractivity contribution >= 4 is 5.69 Å². The fourth-order valence-electron chi connectivity index (χ4n) is 3.74. The molecule has 0 unspecified atom stereocenters. The van der Waals surface area contributed by atoms with E-state index in [0.717, 1.165) is 25.9 Å². The van der Waals surface area contributed by atoms with E-state index in [4.69, 9.17) is 0 Å². The van der Waals surface area contributed by atoms with E-state index < -0.39 is 18.2 Å². The molecule has 1 aromatic heterocycles. The molecule has 0 spiro atoms. The molecule has 28 heavy (non-hydrogen) atoms. The second kappa shape index (κ2) is 8.51. The van der Waals surface area contributed by atoms with Gasteiger partial charge in [0.25, 0.3) is 5.56 Å². The number of rotatable bonds is 5. The maximum Gasteiger partial charge on any atom is 0.389 e. The largest absolute Gasteiger partial charge is 0.389 e. The maximum absolute atomic E-state index is 12.5. The van der Waals surface area contributed by atoms with Gasteiger partial charge in [-0.2, -0.15) is 18.4 Å². The average Bonchev–Trinajstić information content (AvgIpc) is 2.69. The molecule has 1 fully saturated rings. The molecule has 0 bridgehead atoms. The summed E-state index contributed by atoms with van der Waals surface area (Å²) >= 11 is 0. The van der Waals surface area contributed by atoms with Gasteiger partial charge >= 0.3 is 6.18 Å². The Balaban J connectivity index is 1.70. The number of piperidine rings is 1. The third-order valence-corrected chi connectivity index (χ3v) is 5.22. The Bertz CT molecular complexity index is 892. The molecule has 2 aromatic rings. The highest BCUT2D eigenvalue weighted by molar-refractivity contribution is 5.58. The molecule has 2 heterocycles. The predicted molar refractivity (Wildman–Crippen MR) is 101 cm³/mol. The number of benzene rings is 1. The predicted octanol–water partition coefficient (Wildman–Crippen LogP) is 4.45.